The number of carbonyl (C=O) groups excluding carboxylic acids is 1. The molecule has 0 fully saturated rings. The standard InChI is InChI=1S/C21H25N3O4/c1-11(2)5-7-15-9-12(3)18(21(27)28-15)20(26)22-14-6-8-16-17(10-14)24-19(23-16)13(4)25/h6,8-11,13,25H,5,7H2,1-4H3,(H,22,26)(H,23,24). The van der Waals surface area contributed by atoms with Gasteiger partial charge < -0.3 is 19.8 Å². The van der Waals surface area contributed by atoms with Crippen LogP contribution in [0.4, 0.5) is 5.69 Å². The molecule has 0 radical (unpaired) electrons. The smallest absolute Gasteiger partial charge is 0.349 e. The van der Waals surface area contributed by atoms with Gasteiger partial charge in [0.25, 0.3) is 5.91 Å². The number of nitrogens with zero attached hydrogens (tertiary/aromatic N) is 1. The van der Waals surface area contributed by atoms with Crippen molar-refractivity contribution in [1.29, 1.82) is 0 Å². The molecule has 2 heterocycles. The number of hydrogen-bond acceptors (Lipinski definition) is 5. The first-order valence-electron chi connectivity index (χ1n) is 9.37. The number of aliphatic hydroxyl groups excluding tert-OH is 1. The second kappa shape index (κ2) is 7.98. The molecule has 0 aliphatic rings. The Morgan fingerprint density at radius 3 is 2.68 bits per heavy atom. The highest BCUT2D eigenvalue weighted by Crippen LogP contribution is 2.20. The predicted molar refractivity (Wildman–Crippen MR) is 108 cm³/mol. The molecule has 0 aliphatic heterocycles. The van der Waals surface area contributed by atoms with Gasteiger partial charge in [-0.05, 0) is 56.0 Å². The van der Waals surface area contributed by atoms with Crippen LogP contribution in [0.25, 0.3) is 11.0 Å². The molecule has 7 heteroatoms. The minimum absolute atomic E-state index is 0.00248. The fourth-order valence-corrected chi connectivity index (χ4v) is 3.00. The number of aromatic amines is 1. The lowest BCUT2D eigenvalue weighted by Gasteiger charge is -2.09. The fraction of sp³-hybridized carbons (Fsp3) is 0.381. The number of carbonyl (C=O) groups is 1. The average molecular weight is 383 g/mol. The topological polar surface area (TPSA) is 108 Å². The summed E-state index contributed by atoms with van der Waals surface area (Å²) in [5.41, 5.74) is 1.84. The summed E-state index contributed by atoms with van der Waals surface area (Å²) < 4.78 is 5.34. The number of rotatable bonds is 6. The monoisotopic (exact) mass is 383 g/mol. The number of benzene rings is 1. The Balaban J connectivity index is 1.82. The van der Waals surface area contributed by atoms with Crippen LogP contribution in [0.15, 0.2) is 33.5 Å². The molecule has 0 spiro atoms. The van der Waals surface area contributed by atoms with Gasteiger partial charge in [-0.3, -0.25) is 4.79 Å². The van der Waals surface area contributed by atoms with Gasteiger partial charge in [0.15, 0.2) is 0 Å². The zero-order valence-electron chi connectivity index (χ0n) is 16.5. The maximum atomic E-state index is 12.6. The van der Waals surface area contributed by atoms with Crippen molar-refractivity contribution in [3.8, 4) is 0 Å². The lowest BCUT2D eigenvalue weighted by molar-refractivity contribution is 0.102. The van der Waals surface area contributed by atoms with E-state index in [0.29, 0.717) is 46.2 Å². The van der Waals surface area contributed by atoms with Gasteiger partial charge in [-0.2, -0.15) is 0 Å². The van der Waals surface area contributed by atoms with Gasteiger partial charge in [0, 0.05) is 12.1 Å². The molecule has 3 N–H and O–H groups in total. The van der Waals surface area contributed by atoms with Gasteiger partial charge in [-0.15, -0.1) is 0 Å². The van der Waals surface area contributed by atoms with Crippen LogP contribution in [0.5, 0.6) is 0 Å². The minimum Gasteiger partial charge on any atom is -0.427 e. The highest BCUT2D eigenvalue weighted by Gasteiger charge is 2.18. The fourth-order valence-electron chi connectivity index (χ4n) is 3.00. The van der Waals surface area contributed by atoms with E-state index in [2.05, 4.69) is 29.1 Å². The molecule has 1 unspecified atom stereocenters. The number of aryl methyl sites for hydroxylation is 2. The first-order chi connectivity index (χ1) is 13.2. The van der Waals surface area contributed by atoms with E-state index in [9.17, 15) is 14.7 Å². The molecule has 3 rings (SSSR count). The molecule has 1 aromatic carbocycles. The lowest BCUT2D eigenvalue weighted by atomic mass is 10.0. The number of anilines is 1. The largest absolute Gasteiger partial charge is 0.427 e. The van der Waals surface area contributed by atoms with E-state index in [0.717, 1.165) is 6.42 Å². The maximum Gasteiger partial charge on any atom is 0.349 e. The van der Waals surface area contributed by atoms with Crippen molar-refractivity contribution in [1.82, 2.24) is 9.97 Å². The summed E-state index contributed by atoms with van der Waals surface area (Å²) in [6.07, 6.45) is 0.858. The van der Waals surface area contributed by atoms with Gasteiger partial charge in [-0.25, -0.2) is 9.78 Å². The van der Waals surface area contributed by atoms with Crippen LogP contribution in [0.2, 0.25) is 0 Å². The van der Waals surface area contributed by atoms with Gasteiger partial charge in [0.2, 0.25) is 0 Å². The van der Waals surface area contributed by atoms with Crippen molar-refractivity contribution < 1.29 is 14.3 Å². The van der Waals surface area contributed by atoms with E-state index in [-0.39, 0.29) is 5.56 Å². The average Bonchev–Trinajstić information content (AvgIpc) is 3.03. The third-order valence-electron chi connectivity index (χ3n) is 4.55. The number of amides is 1. The van der Waals surface area contributed by atoms with E-state index in [1.165, 1.54) is 0 Å². The van der Waals surface area contributed by atoms with Crippen LogP contribution >= 0.6 is 0 Å². The molecule has 3 aromatic rings. The van der Waals surface area contributed by atoms with Crippen LogP contribution in [0.3, 0.4) is 0 Å². The molecular weight excluding hydrogens is 358 g/mol. The summed E-state index contributed by atoms with van der Waals surface area (Å²) in [7, 11) is 0. The molecule has 0 bridgehead atoms. The van der Waals surface area contributed by atoms with E-state index in [1.807, 2.05) is 0 Å². The van der Waals surface area contributed by atoms with Gasteiger partial charge in [-0.1, -0.05) is 13.8 Å². The molecule has 0 saturated carbocycles. The zero-order chi connectivity index (χ0) is 20.4. The van der Waals surface area contributed by atoms with E-state index < -0.39 is 17.6 Å². The number of nitrogens with one attached hydrogen (secondary N) is 2. The number of imidazole rings is 1. The number of fused-ring (bicyclic) bond motifs is 1. The summed E-state index contributed by atoms with van der Waals surface area (Å²) in [5.74, 6) is 1.03. The summed E-state index contributed by atoms with van der Waals surface area (Å²) >= 11 is 0. The molecule has 28 heavy (non-hydrogen) atoms. The number of hydrogen-bond donors (Lipinski definition) is 3. The lowest BCUT2D eigenvalue weighted by Crippen LogP contribution is -2.23. The molecular formula is C21H25N3O4. The Kier molecular flexibility index (Phi) is 5.65. The van der Waals surface area contributed by atoms with E-state index >= 15 is 0 Å². The first kappa shape index (κ1) is 19.8. The number of H-pyrrole nitrogens is 1. The van der Waals surface area contributed by atoms with Gasteiger partial charge in [0.1, 0.15) is 23.3 Å². The van der Waals surface area contributed by atoms with Crippen molar-refractivity contribution >= 4 is 22.6 Å². The van der Waals surface area contributed by atoms with E-state index in [1.54, 1.807) is 38.1 Å². The van der Waals surface area contributed by atoms with Crippen LogP contribution in [0, 0.1) is 12.8 Å². The summed E-state index contributed by atoms with van der Waals surface area (Å²) in [5, 5.41) is 12.4. The second-order valence-corrected chi connectivity index (χ2v) is 7.47. The molecule has 7 nitrogen and oxygen atoms in total. The van der Waals surface area contributed by atoms with Gasteiger partial charge in [0.05, 0.1) is 11.0 Å². The van der Waals surface area contributed by atoms with Crippen molar-refractivity contribution in [2.24, 2.45) is 5.92 Å². The Morgan fingerprint density at radius 1 is 1.29 bits per heavy atom. The quantitative estimate of drug-likeness (QED) is 0.601. The summed E-state index contributed by atoms with van der Waals surface area (Å²) in [6.45, 7) is 7.56. The Hall–Kier alpha value is -2.93. The van der Waals surface area contributed by atoms with Crippen LogP contribution in [0.1, 0.15) is 60.8 Å². The zero-order valence-corrected chi connectivity index (χ0v) is 16.5. The molecule has 0 saturated heterocycles. The SMILES string of the molecule is Cc1cc(CCC(C)C)oc(=O)c1C(=O)Nc1ccc2nc(C(C)O)[nH]c2c1. The molecule has 1 atom stereocenters. The Bertz CT molecular complexity index is 1060. The van der Waals surface area contributed by atoms with Crippen LogP contribution in [-0.2, 0) is 6.42 Å². The highest BCUT2D eigenvalue weighted by molar-refractivity contribution is 6.05. The van der Waals surface area contributed by atoms with Crippen molar-refractivity contribution in [2.45, 2.75) is 46.6 Å². The van der Waals surface area contributed by atoms with Crippen LogP contribution in [-0.4, -0.2) is 21.0 Å². The van der Waals surface area contributed by atoms with E-state index in [4.69, 9.17) is 4.42 Å². The summed E-state index contributed by atoms with van der Waals surface area (Å²) in [6, 6.07) is 6.89. The minimum atomic E-state index is -0.716. The number of aromatic nitrogens is 2. The molecule has 0 aliphatic carbocycles. The predicted octanol–water partition coefficient (Wildman–Crippen LogP) is 3.72. The van der Waals surface area contributed by atoms with Crippen molar-refractivity contribution in [3.63, 3.8) is 0 Å². The first-order valence-corrected chi connectivity index (χ1v) is 9.37. The third-order valence-corrected chi connectivity index (χ3v) is 4.55. The number of aliphatic hydroxyl groups is 1. The molecule has 148 valence electrons. The normalized spacial score (nSPS) is 12.5. The molecule has 2 aromatic heterocycles. The summed E-state index contributed by atoms with van der Waals surface area (Å²) in [4.78, 5) is 32.3. The maximum absolute atomic E-state index is 12.6. The van der Waals surface area contributed by atoms with Crippen molar-refractivity contribution in [3.05, 3.63) is 57.4 Å². The van der Waals surface area contributed by atoms with Gasteiger partial charge >= 0.3 is 5.63 Å². The molecule has 1 amide bonds. The van der Waals surface area contributed by atoms with Crippen molar-refractivity contribution in [2.75, 3.05) is 5.32 Å². The Labute approximate surface area is 162 Å². The highest BCUT2D eigenvalue weighted by atomic mass is 16.4. The Morgan fingerprint density at radius 2 is 2.04 bits per heavy atom. The second-order valence-electron chi connectivity index (χ2n) is 7.47. The third kappa shape index (κ3) is 4.31. The van der Waals surface area contributed by atoms with Crippen LogP contribution < -0.4 is 10.9 Å².